The molecule has 1 atom stereocenters. The van der Waals surface area contributed by atoms with Crippen LogP contribution in [0.1, 0.15) is 19.8 Å². The summed E-state index contributed by atoms with van der Waals surface area (Å²) in [4.78, 5) is 11.5. The zero-order chi connectivity index (χ0) is 14.3. The minimum absolute atomic E-state index is 0.0394. The Hall–Kier alpha value is -0.970. The number of hydrogen-bond acceptors (Lipinski definition) is 3. The number of aliphatic hydroxyl groups is 1. The Morgan fingerprint density at radius 1 is 1.42 bits per heavy atom. The molecule has 0 saturated heterocycles. The normalized spacial score (nSPS) is 12.0. The molecule has 4 nitrogen and oxygen atoms in total. The molecule has 0 fully saturated rings. The molecular weight excluding hydrogens is 289 g/mol. The highest BCUT2D eigenvalue weighted by atomic mass is 35.5. The quantitative estimate of drug-likeness (QED) is 0.814. The monoisotopic (exact) mass is 305 g/mol. The molecule has 0 aliphatic heterocycles. The van der Waals surface area contributed by atoms with Gasteiger partial charge >= 0.3 is 0 Å². The second-order valence-electron chi connectivity index (χ2n) is 4.16. The highest BCUT2D eigenvalue weighted by Gasteiger charge is 2.07. The zero-order valence-corrected chi connectivity index (χ0v) is 12.2. The number of hydrogen-bond donors (Lipinski definition) is 2. The van der Waals surface area contributed by atoms with Gasteiger partial charge in [0, 0.05) is 18.7 Å². The smallest absolute Gasteiger partial charge is 0.223 e. The summed E-state index contributed by atoms with van der Waals surface area (Å²) in [5, 5.41) is 12.4. The predicted octanol–water partition coefficient (Wildman–Crippen LogP) is 2.65. The molecule has 2 N–H and O–H groups in total. The average molecular weight is 306 g/mol. The lowest BCUT2D eigenvalue weighted by atomic mass is 10.2. The van der Waals surface area contributed by atoms with E-state index in [2.05, 4.69) is 5.32 Å². The molecule has 0 bridgehead atoms. The van der Waals surface area contributed by atoms with Crippen LogP contribution in [-0.2, 0) is 4.79 Å². The fourth-order valence-corrected chi connectivity index (χ4v) is 1.73. The molecular formula is C13H17Cl2NO3. The number of ether oxygens (including phenoxy) is 1. The van der Waals surface area contributed by atoms with Crippen LogP contribution in [0.15, 0.2) is 18.2 Å². The van der Waals surface area contributed by atoms with Crippen LogP contribution in [-0.4, -0.2) is 30.3 Å². The molecule has 1 aromatic rings. The van der Waals surface area contributed by atoms with Gasteiger partial charge in [0.2, 0.25) is 5.91 Å². The topological polar surface area (TPSA) is 58.6 Å². The number of benzene rings is 1. The third-order valence-corrected chi connectivity index (χ3v) is 3.20. The first-order valence-corrected chi connectivity index (χ1v) is 6.76. The van der Waals surface area contributed by atoms with E-state index in [4.69, 9.17) is 33.0 Å². The molecule has 1 aromatic carbocycles. The van der Waals surface area contributed by atoms with Gasteiger partial charge in [-0.25, -0.2) is 0 Å². The van der Waals surface area contributed by atoms with Crippen LogP contribution in [0.4, 0.5) is 0 Å². The Morgan fingerprint density at radius 3 is 2.79 bits per heavy atom. The molecule has 0 spiro atoms. The van der Waals surface area contributed by atoms with Gasteiger partial charge in [0.1, 0.15) is 5.75 Å². The Kier molecular flexibility index (Phi) is 6.99. The molecule has 0 saturated carbocycles. The van der Waals surface area contributed by atoms with Crippen molar-refractivity contribution in [2.24, 2.45) is 0 Å². The fourth-order valence-electron chi connectivity index (χ4n) is 1.44. The first-order chi connectivity index (χ1) is 9.02. The van der Waals surface area contributed by atoms with Gasteiger partial charge in [0.05, 0.1) is 23.1 Å². The van der Waals surface area contributed by atoms with Crippen LogP contribution in [0, 0.1) is 0 Å². The highest BCUT2D eigenvalue weighted by Crippen LogP contribution is 2.26. The maximum Gasteiger partial charge on any atom is 0.223 e. The van der Waals surface area contributed by atoms with Crippen molar-refractivity contribution in [2.75, 3.05) is 13.2 Å². The van der Waals surface area contributed by atoms with Crippen LogP contribution in [0.25, 0.3) is 0 Å². The second-order valence-corrected chi connectivity index (χ2v) is 4.97. The van der Waals surface area contributed by atoms with Gasteiger partial charge in [-0.1, -0.05) is 23.2 Å². The summed E-state index contributed by atoms with van der Waals surface area (Å²) in [7, 11) is 0. The maximum absolute atomic E-state index is 11.5. The lowest BCUT2D eigenvalue weighted by molar-refractivity contribution is -0.122. The van der Waals surface area contributed by atoms with Crippen LogP contribution in [0.5, 0.6) is 5.75 Å². The minimum Gasteiger partial charge on any atom is -0.493 e. The summed E-state index contributed by atoms with van der Waals surface area (Å²) >= 11 is 11.6. The minimum atomic E-state index is -0.110. The molecule has 1 amide bonds. The van der Waals surface area contributed by atoms with E-state index < -0.39 is 0 Å². The van der Waals surface area contributed by atoms with E-state index in [1.165, 1.54) is 0 Å². The highest BCUT2D eigenvalue weighted by molar-refractivity contribution is 6.42. The van der Waals surface area contributed by atoms with Gasteiger partial charge in [-0.3, -0.25) is 4.79 Å². The molecule has 106 valence electrons. The number of amides is 1. The van der Waals surface area contributed by atoms with Crippen molar-refractivity contribution in [2.45, 2.75) is 25.8 Å². The van der Waals surface area contributed by atoms with E-state index in [-0.39, 0.29) is 31.6 Å². The lowest BCUT2D eigenvalue weighted by Gasteiger charge is -2.12. The van der Waals surface area contributed by atoms with E-state index in [9.17, 15) is 4.79 Å². The maximum atomic E-state index is 11.5. The van der Waals surface area contributed by atoms with Gasteiger partial charge in [-0.15, -0.1) is 0 Å². The Bertz CT molecular complexity index is 426. The Balaban J connectivity index is 2.29. The van der Waals surface area contributed by atoms with Crippen molar-refractivity contribution in [1.82, 2.24) is 5.32 Å². The van der Waals surface area contributed by atoms with Crippen molar-refractivity contribution in [1.29, 1.82) is 0 Å². The van der Waals surface area contributed by atoms with Crippen molar-refractivity contribution in [3.8, 4) is 5.75 Å². The molecule has 6 heteroatoms. The molecule has 1 rings (SSSR count). The SMILES string of the molecule is CC(CCO)NC(=O)CCOc1ccc(Cl)c(Cl)c1. The summed E-state index contributed by atoms with van der Waals surface area (Å²) < 4.78 is 5.40. The molecule has 0 aliphatic carbocycles. The first-order valence-electron chi connectivity index (χ1n) is 6.01. The van der Waals surface area contributed by atoms with E-state index in [1.54, 1.807) is 18.2 Å². The predicted molar refractivity (Wildman–Crippen MR) is 75.9 cm³/mol. The number of nitrogens with one attached hydrogen (secondary N) is 1. The number of carbonyl (C=O) groups excluding carboxylic acids is 1. The number of rotatable bonds is 7. The van der Waals surface area contributed by atoms with Crippen LogP contribution >= 0.6 is 23.2 Å². The standard InChI is InChI=1S/C13H17Cl2NO3/c1-9(4-6-17)16-13(18)5-7-19-10-2-3-11(14)12(15)8-10/h2-3,8-9,17H,4-7H2,1H3,(H,16,18). The third kappa shape index (κ3) is 6.14. The largest absolute Gasteiger partial charge is 0.493 e. The second kappa shape index (κ2) is 8.25. The fraction of sp³-hybridized carbons (Fsp3) is 0.462. The first kappa shape index (κ1) is 16.1. The van der Waals surface area contributed by atoms with Gasteiger partial charge in [0.15, 0.2) is 0 Å². The van der Waals surface area contributed by atoms with Crippen molar-refractivity contribution in [3.05, 3.63) is 28.2 Å². The third-order valence-electron chi connectivity index (χ3n) is 2.46. The number of carbonyl (C=O) groups is 1. The van der Waals surface area contributed by atoms with Gasteiger partial charge in [-0.2, -0.15) is 0 Å². The van der Waals surface area contributed by atoms with Gasteiger partial charge in [-0.05, 0) is 25.5 Å². The van der Waals surface area contributed by atoms with E-state index in [1.807, 2.05) is 6.92 Å². The molecule has 0 heterocycles. The van der Waals surface area contributed by atoms with Crippen molar-refractivity contribution in [3.63, 3.8) is 0 Å². The molecule has 0 aliphatic rings. The van der Waals surface area contributed by atoms with E-state index >= 15 is 0 Å². The molecule has 0 radical (unpaired) electrons. The Morgan fingerprint density at radius 2 is 2.16 bits per heavy atom. The average Bonchev–Trinajstić information content (AvgIpc) is 2.34. The summed E-state index contributed by atoms with van der Waals surface area (Å²) in [6.07, 6.45) is 0.787. The summed E-state index contributed by atoms with van der Waals surface area (Å²) in [6, 6.07) is 4.90. The van der Waals surface area contributed by atoms with Gasteiger partial charge in [0.25, 0.3) is 0 Å². The molecule has 0 aromatic heterocycles. The lowest BCUT2D eigenvalue weighted by Crippen LogP contribution is -2.33. The number of aliphatic hydroxyl groups excluding tert-OH is 1. The van der Waals surface area contributed by atoms with Crippen molar-refractivity contribution < 1.29 is 14.6 Å². The van der Waals surface area contributed by atoms with Crippen LogP contribution in [0.3, 0.4) is 0 Å². The van der Waals surface area contributed by atoms with Crippen LogP contribution < -0.4 is 10.1 Å². The summed E-state index contributed by atoms with van der Waals surface area (Å²) in [5.74, 6) is 0.464. The molecule has 19 heavy (non-hydrogen) atoms. The van der Waals surface area contributed by atoms with E-state index in [0.717, 1.165) is 0 Å². The molecule has 1 unspecified atom stereocenters. The zero-order valence-electron chi connectivity index (χ0n) is 10.7. The Labute approximate surface area is 122 Å². The van der Waals surface area contributed by atoms with E-state index in [0.29, 0.717) is 22.2 Å². The van der Waals surface area contributed by atoms with Crippen LogP contribution in [0.2, 0.25) is 10.0 Å². The summed E-state index contributed by atoms with van der Waals surface area (Å²) in [6.45, 7) is 2.16. The van der Waals surface area contributed by atoms with Crippen molar-refractivity contribution >= 4 is 29.1 Å². The summed E-state index contributed by atoms with van der Waals surface area (Å²) in [5.41, 5.74) is 0. The number of halogens is 2. The van der Waals surface area contributed by atoms with Gasteiger partial charge < -0.3 is 15.2 Å².